The van der Waals surface area contributed by atoms with E-state index in [4.69, 9.17) is 10.5 Å². The lowest BCUT2D eigenvalue weighted by atomic mass is 10.1. The van der Waals surface area contributed by atoms with Crippen molar-refractivity contribution in [1.29, 1.82) is 0 Å². The number of ether oxygens (including phenoxy) is 1. The summed E-state index contributed by atoms with van der Waals surface area (Å²) in [5.74, 6) is 0.909. The molecule has 20 heavy (non-hydrogen) atoms. The molecule has 0 atom stereocenters. The highest BCUT2D eigenvalue weighted by Crippen LogP contribution is 2.25. The lowest BCUT2D eigenvalue weighted by molar-refractivity contribution is 0.306. The minimum atomic E-state index is 0.493. The molecule has 0 amide bonds. The molecule has 108 valence electrons. The number of hydrogen-bond donors (Lipinski definition) is 2. The molecule has 0 unspecified atom stereocenters. The molecule has 2 aromatic rings. The third kappa shape index (κ3) is 3.39. The van der Waals surface area contributed by atoms with Crippen LogP contribution in [0.4, 0.5) is 0 Å². The van der Waals surface area contributed by atoms with E-state index in [0.717, 1.165) is 41.3 Å². The molecule has 0 bridgehead atoms. The monoisotopic (exact) mass is 273 g/mol. The number of aromatic amines is 1. The normalized spacial score (nSPS) is 10.8. The van der Waals surface area contributed by atoms with Crippen molar-refractivity contribution >= 4 is 0 Å². The van der Waals surface area contributed by atoms with Gasteiger partial charge >= 0.3 is 0 Å². The van der Waals surface area contributed by atoms with Gasteiger partial charge in [0.2, 0.25) is 0 Å². The SMILES string of the molecule is CCCCCOc1ccc(-c2n[nH]c(C)c2CN)cc1. The van der Waals surface area contributed by atoms with Crippen LogP contribution in [-0.4, -0.2) is 16.8 Å². The molecule has 4 nitrogen and oxygen atoms in total. The third-order valence-electron chi connectivity index (χ3n) is 3.42. The van der Waals surface area contributed by atoms with Crippen LogP contribution in [0.1, 0.15) is 37.4 Å². The fourth-order valence-electron chi connectivity index (χ4n) is 2.19. The molecular weight excluding hydrogens is 250 g/mol. The van der Waals surface area contributed by atoms with Gasteiger partial charge < -0.3 is 10.5 Å². The number of rotatable bonds is 7. The van der Waals surface area contributed by atoms with Gasteiger partial charge in [0.25, 0.3) is 0 Å². The average molecular weight is 273 g/mol. The second kappa shape index (κ2) is 7.10. The molecule has 0 saturated carbocycles. The van der Waals surface area contributed by atoms with Gasteiger partial charge in [0.15, 0.2) is 0 Å². The molecular formula is C16H23N3O. The largest absolute Gasteiger partial charge is 0.494 e. The number of nitrogens with zero attached hydrogens (tertiary/aromatic N) is 1. The van der Waals surface area contributed by atoms with E-state index in [1.165, 1.54) is 12.8 Å². The number of hydrogen-bond acceptors (Lipinski definition) is 3. The summed E-state index contributed by atoms with van der Waals surface area (Å²) in [5, 5.41) is 7.32. The summed E-state index contributed by atoms with van der Waals surface area (Å²) in [7, 11) is 0. The second-order valence-corrected chi connectivity index (χ2v) is 4.96. The molecule has 4 heteroatoms. The first kappa shape index (κ1) is 14.6. The number of nitrogens with two attached hydrogens (primary N) is 1. The highest BCUT2D eigenvalue weighted by molar-refractivity contribution is 5.64. The Morgan fingerprint density at radius 2 is 1.95 bits per heavy atom. The van der Waals surface area contributed by atoms with Crippen molar-refractivity contribution in [3.63, 3.8) is 0 Å². The highest BCUT2D eigenvalue weighted by Gasteiger charge is 2.10. The molecule has 0 radical (unpaired) electrons. The van der Waals surface area contributed by atoms with E-state index in [2.05, 4.69) is 17.1 Å². The number of nitrogens with one attached hydrogen (secondary N) is 1. The maximum absolute atomic E-state index is 5.77. The van der Waals surface area contributed by atoms with Gasteiger partial charge in [0, 0.05) is 23.4 Å². The Bertz CT molecular complexity index is 531. The Morgan fingerprint density at radius 1 is 1.20 bits per heavy atom. The first-order valence-electron chi connectivity index (χ1n) is 7.23. The summed E-state index contributed by atoms with van der Waals surface area (Å²) >= 11 is 0. The van der Waals surface area contributed by atoms with Crippen molar-refractivity contribution in [2.45, 2.75) is 39.7 Å². The predicted molar refractivity (Wildman–Crippen MR) is 81.7 cm³/mol. The van der Waals surface area contributed by atoms with Crippen LogP contribution in [0.2, 0.25) is 0 Å². The van der Waals surface area contributed by atoms with Crippen LogP contribution in [0, 0.1) is 6.92 Å². The smallest absolute Gasteiger partial charge is 0.119 e. The van der Waals surface area contributed by atoms with E-state index in [-0.39, 0.29) is 0 Å². The van der Waals surface area contributed by atoms with Crippen LogP contribution in [0.3, 0.4) is 0 Å². The molecule has 0 aliphatic heterocycles. The Hall–Kier alpha value is -1.81. The summed E-state index contributed by atoms with van der Waals surface area (Å²) in [6.45, 7) is 5.45. The second-order valence-electron chi connectivity index (χ2n) is 4.96. The molecule has 3 N–H and O–H groups in total. The Labute approximate surface area is 120 Å². The van der Waals surface area contributed by atoms with Gasteiger partial charge in [0.1, 0.15) is 5.75 Å². The zero-order chi connectivity index (χ0) is 14.4. The van der Waals surface area contributed by atoms with Gasteiger partial charge in [-0.25, -0.2) is 0 Å². The standard InChI is InChI=1S/C16H23N3O/c1-3-4-5-10-20-14-8-6-13(7-9-14)16-15(11-17)12(2)18-19-16/h6-9H,3-5,10-11,17H2,1-2H3,(H,18,19). The molecule has 0 aliphatic carbocycles. The van der Waals surface area contributed by atoms with Gasteiger partial charge in [-0.05, 0) is 37.6 Å². The highest BCUT2D eigenvalue weighted by atomic mass is 16.5. The van der Waals surface area contributed by atoms with Gasteiger partial charge in [-0.1, -0.05) is 19.8 Å². The molecule has 1 aromatic carbocycles. The average Bonchev–Trinajstić information content (AvgIpc) is 2.85. The van der Waals surface area contributed by atoms with E-state index in [1.54, 1.807) is 0 Å². The summed E-state index contributed by atoms with van der Waals surface area (Å²) in [6, 6.07) is 8.05. The number of H-pyrrole nitrogens is 1. The van der Waals surface area contributed by atoms with Crippen LogP contribution >= 0.6 is 0 Å². The van der Waals surface area contributed by atoms with E-state index in [0.29, 0.717) is 6.54 Å². The van der Waals surface area contributed by atoms with Crippen LogP contribution in [0.5, 0.6) is 5.75 Å². The van der Waals surface area contributed by atoms with Crippen molar-refractivity contribution in [3.8, 4) is 17.0 Å². The van der Waals surface area contributed by atoms with Crippen LogP contribution < -0.4 is 10.5 Å². The molecule has 0 fully saturated rings. The van der Waals surface area contributed by atoms with Crippen LogP contribution in [0.15, 0.2) is 24.3 Å². The first-order chi connectivity index (χ1) is 9.76. The van der Waals surface area contributed by atoms with E-state index in [1.807, 2.05) is 31.2 Å². The van der Waals surface area contributed by atoms with E-state index in [9.17, 15) is 0 Å². The van der Waals surface area contributed by atoms with E-state index < -0.39 is 0 Å². The van der Waals surface area contributed by atoms with Gasteiger partial charge in [-0.15, -0.1) is 0 Å². The number of benzene rings is 1. The van der Waals surface area contributed by atoms with Gasteiger partial charge in [-0.2, -0.15) is 5.10 Å². The van der Waals surface area contributed by atoms with Crippen LogP contribution in [0.25, 0.3) is 11.3 Å². The lowest BCUT2D eigenvalue weighted by Crippen LogP contribution is -1.99. The first-order valence-corrected chi connectivity index (χ1v) is 7.23. The maximum Gasteiger partial charge on any atom is 0.119 e. The predicted octanol–water partition coefficient (Wildman–Crippen LogP) is 3.41. The Kier molecular flexibility index (Phi) is 5.18. The number of aromatic nitrogens is 2. The zero-order valence-electron chi connectivity index (χ0n) is 12.3. The quantitative estimate of drug-likeness (QED) is 0.760. The van der Waals surface area contributed by atoms with Crippen molar-refractivity contribution in [1.82, 2.24) is 10.2 Å². The Balaban J connectivity index is 2.04. The fourth-order valence-corrected chi connectivity index (χ4v) is 2.19. The summed E-state index contributed by atoms with van der Waals surface area (Å²) < 4.78 is 5.71. The van der Waals surface area contributed by atoms with Crippen molar-refractivity contribution in [3.05, 3.63) is 35.5 Å². The third-order valence-corrected chi connectivity index (χ3v) is 3.42. The van der Waals surface area contributed by atoms with Crippen molar-refractivity contribution in [2.75, 3.05) is 6.61 Å². The van der Waals surface area contributed by atoms with Gasteiger partial charge in [0.05, 0.1) is 12.3 Å². The van der Waals surface area contributed by atoms with E-state index >= 15 is 0 Å². The lowest BCUT2D eigenvalue weighted by Gasteiger charge is -2.07. The fraction of sp³-hybridized carbons (Fsp3) is 0.438. The molecule has 1 aromatic heterocycles. The minimum Gasteiger partial charge on any atom is -0.494 e. The zero-order valence-corrected chi connectivity index (χ0v) is 12.3. The van der Waals surface area contributed by atoms with Gasteiger partial charge in [-0.3, -0.25) is 5.10 Å². The summed E-state index contributed by atoms with van der Waals surface area (Å²) in [6.07, 6.45) is 3.53. The summed E-state index contributed by atoms with van der Waals surface area (Å²) in [4.78, 5) is 0. The van der Waals surface area contributed by atoms with Crippen LogP contribution in [-0.2, 0) is 6.54 Å². The molecule has 0 saturated heterocycles. The summed E-state index contributed by atoms with van der Waals surface area (Å²) in [5.41, 5.74) is 9.87. The molecule has 0 aliphatic rings. The molecule has 0 spiro atoms. The molecule has 2 rings (SSSR count). The maximum atomic E-state index is 5.77. The number of aryl methyl sites for hydroxylation is 1. The Morgan fingerprint density at radius 3 is 2.60 bits per heavy atom. The van der Waals surface area contributed by atoms with Crippen molar-refractivity contribution < 1.29 is 4.74 Å². The van der Waals surface area contributed by atoms with Crippen molar-refractivity contribution in [2.24, 2.45) is 5.73 Å². The number of unbranched alkanes of at least 4 members (excludes halogenated alkanes) is 2. The minimum absolute atomic E-state index is 0.493. The molecule has 1 heterocycles. The topological polar surface area (TPSA) is 63.9 Å².